The lowest BCUT2D eigenvalue weighted by atomic mass is 10.2. The molecule has 0 aliphatic heterocycles. The van der Waals surface area contributed by atoms with Crippen LogP contribution in [0.15, 0.2) is 29.0 Å². The standard InChI is InChI=1S/C9H8BrClN4/c10-8-13-9(12)14-15(8)5-6-2-1-3-7(11)4-6/h1-4H,5H2,(H2,12,14). The molecule has 78 valence electrons. The van der Waals surface area contributed by atoms with Gasteiger partial charge >= 0.3 is 0 Å². The van der Waals surface area contributed by atoms with Gasteiger partial charge in [0, 0.05) is 5.02 Å². The zero-order valence-corrected chi connectivity index (χ0v) is 10.0. The summed E-state index contributed by atoms with van der Waals surface area (Å²) in [5.41, 5.74) is 6.51. The number of nitrogens with two attached hydrogens (primary N) is 1. The molecule has 4 nitrogen and oxygen atoms in total. The molecule has 1 aromatic carbocycles. The quantitative estimate of drug-likeness (QED) is 0.922. The van der Waals surface area contributed by atoms with Gasteiger partial charge in [0.15, 0.2) is 4.73 Å². The van der Waals surface area contributed by atoms with E-state index in [0.29, 0.717) is 16.3 Å². The highest BCUT2D eigenvalue weighted by Crippen LogP contribution is 2.14. The van der Waals surface area contributed by atoms with Gasteiger partial charge in [-0.3, -0.25) is 0 Å². The molecule has 0 fully saturated rings. The second-order valence-electron chi connectivity index (χ2n) is 3.03. The van der Waals surface area contributed by atoms with Crippen LogP contribution in [0.25, 0.3) is 0 Å². The summed E-state index contributed by atoms with van der Waals surface area (Å²) in [6.07, 6.45) is 0. The molecule has 0 saturated carbocycles. The summed E-state index contributed by atoms with van der Waals surface area (Å²) in [5.74, 6) is 0.254. The average Bonchev–Trinajstić information content (AvgIpc) is 2.45. The van der Waals surface area contributed by atoms with Crippen LogP contribution in [0.4, 0.5) is 5.95 Å². The van der Waals surface area contributed by atoms with Gasteiger partial charge in [-0.2, -0.15) is 4.98 Å². The van der Waals surface area contributed by atoms with Gasteiger partial charge in [0.1, 0.15) is 0 Å². The highest BCUT2D eigenvalue weighted by Gasteiger charge is 2.05. The van der Waals surface area contributed by atoms with Crippen LogP contribution in [0.3, 0.4) is 0 Å². The van der Waals surface area contributed by atoms with Crippen molar-refractivity contribution in [2.45, 2.75) is 6.54 Å². The van der Waals surface area contributed by atoms with E-state index >= 15 is 0 Å². The van der Waals surface area contributed by atoms with E-state index in [2.05, 4.69) is 26.0 Å². The maximum absolute atomic E-state index is 5.87. The number of anilines is 1. The SMILES string of the molecule is Nc1nc(Br)n(Cc2cccc(Cl)c2)n1. The molecule has 0 radical (unpaired) electrons. The monoisotopic (exact) mass is 286 g/mol. The molecule has 6 heteroatoms. The van der Waals surface area contributed by atoms with Gasteiger partial charge in [-0.15, -0.1) is 5.10 Å². The molecule has 0 amide bonds. The Morgan fingerprint density at radius 2 is 2.27 bits per heavy atom. The van der Waals surface area contributed by atoms with E-state index in [-0.39, 0.29) is 5.95 Å². The summed E-state index contributed by atoms with van der Waals surface area (Å²) in [5, 5.41) is 4.73. The van der Waals surface area contributed by atoms with Crippen LogP contribution in [0.2, 0.25) is 5.02 Å². The number of hydrogen-bond acceptors (Lipinski definition) is 3. The van der Waals surface area contributed by atoms with Crippen LogP contribution in [0, 0.1) is 0 Å². The van der Waals surface area contributed by atoms with Crippen molar-refractivity contribution in [1.29, 1.82) is 0 Å². The second kappa shape index (κ2) is 4.20. The smallest absolute Gasteiger partial charge is 0.240 e. The summed E-state index contributed by atoms with van der Waals surface area (Å²) in [7, 11) is 0. The number of halogens is 2. The molecule has 2 aromatic rings. The minimum atomic E-state index is 0.254. The number of benzene rings is 1. The van der Waals surface area contributed by atoms with Crippen molar-refractivity contribution in [3.8, 4) is 0 Å². The van der Waals surface area contributed by atoms with E-state index < -0.39 is 0 Å². The Hall–Kier alpha value is -1.07. The van der Waals surface area contributed by atoms with E-state index in [0.717, 1.165) is 5.56 Å². The van der Waals surface area contributed by atoms with Crippen molar-refractivity contribution in [2.75, 3.05) is 5.73 Å². The fourth-order valence-corrected chi connectivity index (χ4v) is 1.85. The summed E-state index contributed by atoms with van der Waals surface area (Å²) in [4.78, 5) is 3.94. The van der Waals surface area contributed by atoms with Crippen LogP contribution < -0.4 is 5.73 Å². The Bertz CT molecular complexity index is 483. The number of aromatic nitrogens is 3. The van der Waals surface area contributed by atoms with E-state index in [1.54, 1.807) is 4.68 Å². The predicted octanol–water partition coefficient (Wildman–Crippen LogP) is 2.32. The van der Waals surface area contributed by atoms with Crippen LogP contribution in [-0.4, -0.2) is 14.8 Å². The number of nitrogens with zero attached hydrogens (tertiary/aromatic N) is 3. The van der Waals surface area contributed by atoms with Gasteiger partial charge in [-0.1, -0.05) is 23.7 Å². The lowest BCUT2D eigenvalue weighted by Gasteiger charge is -2.02. The summed E-state index contributed by atoms with van der Waals surface area (Å²) >= 11 is 9.14. The fourth-order valence-electron chi connectivity index (χ4n) is 1.25. The third kappa shape index (κ3) is 2.49. The molecule has 1 aromatic heterocycles. The molecule has 1 heterocycles. The maximum atomic E-state index is 5.87. The first kappa shape index (κ1) is 10.4. The molecule has 2 N–H and O–H groups in total. The molecule has 0 spiro atoms. The van der Waals surface area contributed by atoms with Crippen molar-refractivity contribution in [3.05, 3.63) is 39.6 Å². The van der Waals surface area contributed by atoms with Gasteiger partial charge in [-0.25, -0.2) is 4.68 Å². The first-order valence-electron chi connectivity index (χ1n) is 4.25. The summed E-state index contributed by atoms with van der Waals surface area (Å²) in [6, 6.07) is 7.57. The first-order chi connectivity index (χ1) is 7.15. The largest absolute Gasteiger partial charge is 0.366 e. The van der Waals surface area contributed by atoms with Crippen LogP contribution in [0.1, 0.15) is 5.56 Å². The van der Waals surface area contributed by atoms with E-state index in [9.17, 15) is 0 Å². The third-order valence-electron chi connectivity index (χ3n) is 1.86. The molecule has 15 heavy (non-hydrogen) atoms. The zero-order chi connectivity index (χ0) is 10.8. The highest BCUT2D eigenvalue weighted by atomic mass is 79.9. The van der Waals surface area contributed by atoms with Crippen molar-refractivity contribution in [2.24, 2.45) is 0 Å². The van der Waals surface area contributed by atoms with Crippen molar-refractivity contribution < 1.29 is 0 Å². The molecule has 0 aliphatic carbocycles. The fraction of sp³-hybridized carbons (Fsp3) is 0.111. The normalized spacial score (nSPS) is 10.5. The Balaban J connectivity index is 2.25. The van der Waals surface area contributed by atoms with Crippen LogP contribution in [0.5, 0.6) is 0 Å². The molecule has 0 aliphatic rings. The Kier molecular flexibility index (Phi) is 2.93. The van der Waals surface area contributed by atoms with Gasteiger partial charge < -0.3 is 5.73 Å². The zero-order valence-electron chi connectivity index (χ0n) is 7.69. The van der Waals surface area contributed by atoms with Gasteiger partial charge in [0.05, 0.1) is 6.54 Å². The second-order valence-corrected chi connectivity index (χ2v) is 4.17. The van der Waals surface area contributed by atoms with Crippen LogP contribution >= 0.6 is 27.5 Å². The molecule has 2 rings (SSSR count). The van der Waals surface area contributed by atoms with E-state index in [1.165, 1.54) is 0 Å². The van der Waals surface area contributed by atoms with E-state index in [4.69, 9.17) is 17.3 Å². The Morgan fingerprint density at radius 3 is 2.87 bits per heavy atom. The van der Waals surface area contributed by atoms with E-state index in [1.807, 2.05) is 24.3 Å². The minimum Gasteiger partial charge on any atom is -0.366 e. The summed E-state index contributed by atoms with van der Waals surface area (Å²) < 4.78 is 2.28. The number of nitrogen functional groups attached to an aromatic ring is 1. The van der Waals surface area contributed by atoms with Crippen molar-refractivity contribution >= 4 is 33.5 Å². The van der Waals surface area contributed by atoms with Gasteiger partial charge in [0.25, 0.3) is 0 Å². The van der Waals surface area contributed by atoms with Crippen LogP contribution in [-0.2, 0) is 6.54 Å². The van der Waals surface area contributed by atoms with Crippen molar-refractivity contribution in [3.63, 3.8) is 0 Å². The number of rotatable bonds is 2. The molecule has 0 bridgehead atoms. The lowest BCUT2D eigenvalue weighted by molar-refractivity contribution is 0.670. The van der Waals surface area contributed by atoms with Gasteiger partial charge in [0.2, 0.25) is 5.95 Å². The molecule has 0 saturated heterocycles. The molecular weight excluding hydrogens is 279 g/mol. The minimum absolute atomic E-state index is 0.254. The third-order valence-corrected chi connectivity index (χ3v) is 2.69. The molecular formula is C9H8BrClN4. The highest BCUT2D eigenvalue weighted by molar-refractivity contribution is 9.10. The van der Waals surface area contributed by atoms with Crippen molar-refractivity contribution in [1.82, 2.24) is 14.8 Å². The number of hydrogen-bond donors (Lipinski definition) is 1. The Morgan fingerprint density at radius 1 is 1.47 bits per heavy atom. The average molecular weight is 288 g/mol. The summed E-state index contributed by atoms with van der Waals surface area (Å²) in [6.45, 7) is 0.589. The lowest BCUT2D eigenvalue weighted by Crippen LogP contribution is -2.02. The van der Waals surface area contributed by atoms with Gasteiger partial charge in [-0.05, 0) is 33.6 Å². The topological polar surface area (TPSA) is 56.7 Å². The molecule has 0 unspecified atom stereocenters. The Labute approximate surface area is 100 Å². The predicted molar refractivity (Wildman–Crippen MR) is 62.7 cm³/mol. The molecule has 0 atom stereocenters. The first-order valence-corrected chi connectivity index (χ1v) is 5.42. The maximum Gasteiger partial charge on any atom is 0.240 e.